The summed E-state index contributed by atoms with van der Waals surface area (Å²) in [6.07, 6.45) is 2.10. The van der Waals surface area contributed by atoms with Gasteiger partial charge >= 0.3 is 6.03 Å². The maximum absolute atomic E-state index is 13.1. The zero-order valence-corrected chi connectivity index (χ0v) is 16.5. The molecule has 0 radical (unpaired) electrons. The van der Waals surface area contributed by atoms with E-state index in [1.165, 1.54) is 6.92 Å². The molecule has 3 aromatic rings. The van der Waals surface area contributed by atoms with Crippen LogP contribution in [0.1, 0.15) is 66.2 Å². The number of aromatic amines is 1. The average Bonchev–Trinajstić information content (AvgIpc) is 3.36. The first-order valence-corrected chi connectivity index (χ1v) is 9.45. The minimum Gasteiger partial charge on any atom is -0.347 e. The Labute approximate surface area is 167 Å². The number of carbonyl (C=O) groups excluding carboxylic acids is 2. The summed E-state index contributed by atoms with van der Waals surface area (Å²) in [7, 11) is 0. The monoisotopic (exact) mass is 394 g/mol. The molecule has 0 fully saturated rings. The van der Waals surface area contributed by atoms with Crippen LogP contribution >= 0.6 is 0 Å². The molecular formula is C20H22N6O3. The molecule has 0 bridgehead atoms. The number of rotatable bonds is 4. The molecule has 1 atom stereocenters. The van der Waals surface area contributed by atoms with Crippen molar-refractivity contribution in [3.63, 3.8) is 0 Å². The summed E-state index contributed by atoms with van der Waals surface area (Å²) in [6, 6.07) is 6.08. The Kier molecular flexibility index (Phi) is 4.87. The SMILES string of the molecule is CC(=O)c1ccc(NC(=O)N2Cc3[nH]cnc3C[C@H]2c2nc(C(C)C)no2)cc1. The first kappa shape index (κ1) is 18.9. The number of fused-ring (bicyclic) bond motifs is 1. The molecule has 4 rings (SSSR count). The van der Waals surface area contributed by atoms with Crippen LogP contribution in [0.2, 0.25) is 0 Å². The average molecular weight is 394 g/mol. The Morgan fingerprint density at radius 1 is 1.28 bits per heavy atom. The van der Waals surface area contributed by atoms with Gasteiger partial charge in [0, 0.05) is 23.6 Å². The lowest BCUT2D eigenvalue weighted by Crippen LogP contribution is -2.41. The van der Waals surface area contributed by atoms with E-state index in [1.807, 2.05) is 13.8 Å². The molecule has 0 saturated carbocycles. The Hall–Kier alpha value is -3.49. The third-order valence-corrected chi connectivity index (χ3v) is 4.96. The number of aromatic nitrogens is 4. The lowest BCUT2D eigenvalue weighted by Gasteiger charge is -2.32. The summed E-state index contributed by atoms with van der Waals surface area (Å²) in [5.74, 6) is 1.10. The van der Waals surface area contributed by atoms with Crippen LogP contribution in [0.15, 0.2) is 35.1 Å². The van der Waals surface area contributed by atoms with Crippen LogP contribution in [0, 0.1) is 0 Å². The molecule has 3 heterocycles. The number of amides is 2. The van der Waals surface area contributed by atoms with E-state index in [9.17, 15) is 9.59 Å². The van der Waals surface area contributed by atoms with Crippen LogP contribution in [0.5, 0.6) is 0 Å². The largest absolute Gasteiger partial charge is 0.347 e. The lowest BCUT2D eigenvalue weighted by molar-refractivity contribution is 0.101. The third kappa shape index (κ3) is 3.75. The molecule has 1 aliphatic heterocycles. The molecule has 9 heteroatoms. The number of ketones is 1. The third-order valence-electron chi connectivity index (χ3n) is 4.96. The van der Waals surface area contributed by atoms with E-state index < -0.39 is 6.04 Å². The maximum atomic E-state index is 13.1. The van der Waals surface area contributed by atoms with Gasteiger partial charge in [-0.3, -0.25) is 4.79 Å². The lowest BCUT2D eigenvalue weighted by atomic mass is 10.0. The predicted octanol–water partition coefficient (Wildman–Crippen LogP) is 3.45. The van der Waals surface area contributed by atoms with E-state index in [-0.39, 0.29) is 17.7 Å². The second-order valence-electron chi connectivity index (χ2n) is 7.38. The van der Waals surface area contributed by atoms with Gasteiger partial charge in [-0.1, -0.05) is 19.0 Å². The minimum absolute atomic E-state index is 0.0249. The van der Waals surface area contributed by atoms with Gasteiger partial charge in [-0.05, 0) is 31.2 Å². The van der Waals surface area contributed by atoms with Crippen molar-refractivity contribution in [2.75, 3.05) is 5.32 Å². The molecule has 0 spiro atoms. The number of urea groups is 1. The van der Waals surface area contributed by atoms with E-state index in [0.717, 1.165) is 11.4 Å². The quantitative estimate of drug-likeness (QED) is 0.655. The molecule has 9 nitrogen and oxygen atoms in total. The number of benzene rings is 1. The van der Waals surface area contributed by atoms with Crippen LogP contribution in [0.25, 0.3) is 0 Å². The molecule has 1 aromatic carbocycles. The minimum atomic E-state index is -0.415. The van der Waals surface area contributed by atoms with Crippen LogP contribution in [-0.4, -0.2) is 36.8 Å². The highest BCUT2D eigenvalue weighted by Gasteiger charge is 2.36. The summed E-state index contributed by atoms with van der Waals surface area (Å²) in [4.78, 5) is 38.1. The Morgan fingerprint density at radius 2 is 2.03 bits per heavy atom. The van der Waals surface area contributed by atoms with Gasteiger partial charge in [0.2, 0.25) is 5.89 Å². The van der Waals surface area contributed by atoms with E-state index in [0.29, 0.717) is 35.9 Å². The number of Topliss-reactive ketones (excluding diaryl/α,β-unsaturated/α-hetero) is 1. The topological polar surface area (TPSA) is 117 Å². The van der Waals surface area contributed by atoms with Gasteiger partial charge in [-0.2, -0.15) is 4.98 Å². The van der Waals surface area contributed by atoms with Crippen LogP contribution in [0.3, 0.4) is 0 Å². The summed E-state index contributed by atoms with van der Waals surface area (Å²) in [6.45, 7) is 5.81. The fraction of sp³-hybridized carbons (Fsp3) is 0.350. The first-order chi connectivity index (χ1) is 13.9. The summed E-state index contributed by atoms with van der Waals surface area (Å²) in [5.41, 5.74) is 2.96. The number of H-pyrrole nitrogens is 1. The maximum Gasteiger partial charge on any atom is 0.322 e. The number of anilines is 1. The van der Waals surface area contributed by atoms with Crippen molar-refractivity contribution in [2.45, 2.75) is 45.7 Å². The summed E-state index contributed by atoms with van der Waals surface area (Å²) < 4.78 is 5.47. The van der Waals surface area contributed by atoms with Crippen molar-refractivity contribution in [3.8, 4) is 0 Å². The van der Waals surface area contributed by atoms with Gasteiger partial charge in [0.05, 0.1) is 24.3 Å². The first-order valence-electron chi connectivity index (χ1n) is 9.45. The Morgan fingerprint density at radius 3 is 2.69 bits per heavy atom. The molecule has 29 heavy (non-hydrogen) atoms. The molecule has 2 amide bonds. The number of hydrogen-bond donors (Lipinski definition) is 2. The van der Waals surface area contributed by atoms with E-state index in [2.05, 4.69) is 25.4 Å². The molecule has 0 aliphatic carbocycles. The van der Waals surface area contributed by atoms with Crippen LogP contribution in [0.4, 0.5) is 10.5 Å². The Bertz CT molecular complexity index is 1040. The summed E-state index contributed by atoms with van der Waals surface area (Å²) in [5, 5.41) is 6.92. The fourth-order valence-corrected chi connectivity index (χ4v) is 3.27. The highest BCUT2D eigenvalue weighted by atomic mass is 16.5. The standard InChI is InChI=1S/C20H22N6O3/c1-11(2)18-24-19(29-25-18)17-8-15-16(22-10-21-15)9-26(17)20(28)23-14-6-4-13(5-7-14)12(3)27/h4-7,10-11,17H,8-9H2,1-3H3,(H,21,22)(H,23,28)/t17-/m0/s1. The second-order valence-corrected chi connectivity index (χ2v) is 7.38. The zero-order chi connectivity index (χ0) is 20.5. The summed E-state index contributed by atoms with van der Waals surface area (Å²) >= 11 is 0. The number of nitrogens with zero attached hydrogens (tertiary/aromatic N) is 4. The molecular weight excluding hydrogens is 372 g/mol. The van der Waals surface area contributed by atoms with Crippen molar-refractivity contribution < 1.29 is 14.1 Å². The predicted molar refractivity (Wildman–Crippen MR) is 104 cm³/mol. The second kappa shape index (κ2) is 7.50. The molecule has 2 N–H and O–H groups in total. The highest BCUT2D eigenvalue weighted by Crippen LogP contribution is 2.32. The molecule has 0 saturated heterocycles. The van der Waals surface area contributed by atoms with Crippen LogP contribution < -0.4 is 5.32 Å². The number of imidazole rings is 1. The fourth-order valence-electron chi connectivity index (χ4n) is 3.27. The highest BCUT2D eigenvalue weighted by molar-refractivity contribution is 5.95. The van der Waals surface area contributed by atoms with Crippen molar-refractivity contribution >= 4 is 17.5 Å². The van der Waals surface area contributed by atoms with Gasteiger partial charge in [0.25, 0.3) is 0 Å². The van der Waals surface area contributed by atoms with Crippen molar-refractivity contribution in [2.24, 2.45) is 0 Å². The van der Waals surface area contributed by atoms with Gasteiger partial charge in [0.1, 0.15) is 6.04 Å². The zero-order valence-electron chi connectivity index (χ0n) is 16.5. The van der Waals surface area contributed by atoms with Crippen LogP contribution in [-0.2, 0) is 13.0 Å². The van der Waals surface area contributed by atoms with E-state index in [4.69, 9.17) is 4.52 Å². The number of carbonyl (C=O) groups is 2. The van der Waals surface area contributed by atoms with Crippen molar-refractivity contribution in [1.29, 1.82) is 0 Å². The normalized spacial score (nSPS) is 16.0. The van der Waals surface area contributed by atoms with Crippen molar-refractivity contribution in [1.82, 2.24) is 25.0 Å². The Balaban J connectivity index is 1.59. The van der Waals surface area contributed by atoms with Gasteiger partial charge in [0.15, 0.2) is 11.6 Å². The number of nitrogens with one attached hydrogen (secondary N) is 2. The molecule has 2 aromatic heterocycles. The number of hydrogen-bond acceptors (Lipinski definition) is 6. The smallest absolute Gasteiger partial charge is 0.322 e. The van der Waals surface area contributed by atoms with Gasteiger partial charge < -0.3 is 19.7 Å². The van der Waals surface area contributed by atoms with E-state index >= 15 is 0 Å². The van der Waals surface area contributed by atoms with Gasteiger partial charge in [-0.25, -0.2) is 9.78 Å². The van der Waals surface area contributed by atoms with Crippen molar-refractivity contribution in [3.05, 3.63) is 59.3 Å². The molecule has 1 aliphatic rings. The molecule has 150 valence electrons. The van der Waals surface area contributed by atoms with Gasteiger partial charge in [-0.15, -0.1) is 0 Å². The van der Waals surface area contributed by atoms with E-state index in [1.54, 1.807) is 35.5 Å². The molecule has 0 unspecified atom stereocenters.